The Morgan fingerprint density at radius 2 is 0.875 bits per heavy atom. The maximum absolute atomic E-state index is 8.26. The normalized spacial score (nSPS) is 10.5. The Hall–Kier alpha value is -0.240. The van der Waals surface area contributed by atoms with E-state index in [1.54, 1.807) is 0 Å². The van der Waals surface area contributed by atoms with E-state index in [9.17, 15) is 0 Å². The summed E-state index contributed by atoms with van der Waals surface area (Å²) in [6.45, 7) is 13.2. The van der Waals surface area contributed by atoms with Crippen molar-refractivity contribution < 1.29 is 28.8 Å². The Bertz CT molecular complexity index is 174. The summed E-state index contributed by atoms with van der Waals surface area (Å²) in [6.07, 6.45) is 4.65. The van der Waals surface area contributed by atoms with Gasteiger partial charge in [-0.25, -0.2) is 0 Å². The molecule has 0 aromatic carbocycles. The minimum absolute atomic E-state index is 0.0894. The summed E-state index contributed by atoms with van der Waals surface area (Å²) in [6, 6.07) is 0. The topological polar surface area (TPSA) is 66.4 Å². The molecule has 6 heteroatoms. The van der Waals surface area contributed by atoms with Crippen molar-refractivity contribution >= 4 is 0 Å². The number of aliphatic hydroxyl groups excluding tert-OH is 1. The first-order valence-corrected chi connectivity index (χ1v) is 9.32. The van der Waals surface area contributed by atoms with Gasteiger partial charge in [0, 0.05) is 19.8 Å². The first kappa shape index (κ1) is 26.0. The van der Waals surface area contributed by atoms with Gasteiger partial charge in [-0.2, -0.15) is 0 Å². The lowest BCUT2D eigenvalue weighted by atomic mass is 10.4. The van der Waals surface area contributed by atoms with Crippen LogP contribution in [-0.2, 0) is 23.7 Å². The molecule has 0 bridgehead atoms. The summed E-state index contributed by atoms with van der Waals surface area (Å²) >= 11 is 0. The minimum Gasteiger partial charge on any atom is -0.394 e. The van der Waals surface area contributed by atoms with Crippen LogP contribution in [0.4, 0.5) is 0 Å². The quantitative estimate of drug-likeness (QED) is 0.383. The molecule has 0 amide bonds. The lowest BCUT2D eigenvalue weighted by Crippen LogP contribution is -2.10. The third-order valence-electron chi connectivity index (χ3n) is 2.84. The second kappa shape index (κ2) is 27.6. The zero-order chi connectivity index (χ0) is 18.1. The average molecular weight is 353 g/mol. The second-order valence-electron chi connectivity index (χ2n) is 5.08. The highest BCUT2D eigenvalue weighted by molar-refractivity contribution is 4.36. The molecule has 148 valence electrons. The van der Waals surface area contributed by atoms with Crippen LogP contribution in [0.2, 0.25) is 0 Å². The molecular weight excluding hydrogens is 312 g/mol. The van der Waals surface area contributed by atoms with E-state index in [2.05, 4.69) is 13.8 Å². The largest absolute Gasteiger partial charge is 0.394 e. The fourth-order valence-corrected chi connectivity index (χ4v) is 1.46. The number of hydrogen-bond donors (Lipinski definition) is 1. The molecule has 1 N–H and O–H groups in total. The van der Waals surface area contributed by atoms with Crippen LogP contribution in [0.5, 0.6) is 0 Å². The molecule has 24 heavy (non-hydrogen) atoms. The molecule has 0 unspecified atom stereocenters. The molecule has 0 radical (unpaired) electrons. The number of unbranched alkanes of at least 4 members (excludes halogenated alkanes) is 2. The fraction of sp³-hybridized carbons (Fsp3) is 1.00. The first-order valence-electron chi connectivity index (χ1n) is 9.32. The van der Waals surface area contributed by atoms with Crippen molar-refractivity contribution in [3.05, 3.63) is 0 Å². The van der Waals surface area contributed by atoms with E-state index < -0.39 is 0 Å². The predicted molar refractivity (Wildman–Crippen MR) is 96.7 cm³/mol. The number of aliphatic hydroxyl groups is 1. The Labute approximate surface area is 148 Å². The first-order chi connectivity index (χ1) is 11.8. The fourth-order valence-electron chi connectivity index (χ4n) is 1.46. The third kappa shape index (κ3) is 29.7. The molecule has 0 rings (SSSR count). The maximum Gasteiger partial charge on any atom is 0.0701 e. The van der Waals surface area contributed by atoms with Crippen LogP contribution >= 0.6 is 0 Å². The van der Waals surface area contributed by atoms with Crippen molar-refractivity contribution in [3.63, 3.8) is 0 Å². The van der Waals surface area contributed by atoms with Crippen molar-refractivity contribution in [1.29, 1.82) is 0 Å². The molecule has 0 aliphatic rings. The molecule has 0 spiro atoms. The molecule has 0 aliphatic heterocycles. The van der Waals surface area contributed by atoms with Crippen LogP contribution in [0.1, 0.15) is 46.5 Å². The summed E-state index contributed by atoms with van der Waals surface area (Å²) in [5, 5.41) is 8.26. The van der Waals surface area contributed by atoms with Crippen molar-refractivity contribution in [2.45, 2.75) is 46.5 Å². The van der Waals surface area contributed by atoms with E-state index in [0.717, 1.165) is 32.7 Å². The molecular formula is C18H40O6. The summed E-state index contributed by atoms with van der Waals surface area (Å²) < 4.78 is 25.9. The second-order valence-corrected chi connectivity index (χ2v) is 5.08. The van der Waals surface area contributed by atoms with Gasteiger partial charge in [0.15, 0.2) is 0 Å². The van der Waals surface area contributed by atoms with Gasteiger partial charge >= 0.3 is 0 Å². The van der Waals surface area contributed by atoms with E-state index in [4.69, 9.17) is 28.8 Å². The molecule has 0 atom stereocenters. The van der Waals surface area contributed by atoms with Crippen molar-refractivity contribution in [1.82, 2.24) is 0 Å². The summed E-state index contributed by atoms with van der Waals surface area (Å²) in [5.41, 5.74) is 0. The molecule has 6 nitrogen and oxygen atoms in total. The summed E-state index contributed by atoms with van der Waals surface area (Å²) in [4.78, 5) is 0. The number of hydrogen-bond acceptors (Lipinski definition) is 6. The molecule has 0 aliphatic carbocycles. The summed E-state index contributed by atoms with van der Waals surface area (Å²) in [7, 11) is 0. The maximum atomic E-state index is 8.26. The standard InChI is InChI=1S/C12H26O3.C6H14O3/c1-3-5-7-13-9-11-15-12-10-14-8-6-4-2;1-2-8-5-6-9-4-3-7/h3-12H2,1-2H3;7H,2-6H2,1H3. The Morgan fingerprint density at radius 1 is 0.500 bits per heavy atom. The number of ether oxygens (including phenoxy) is 5. The SMILES string of the molecule is CCCCOCCOCCOCCCC.CCOCCOCCO. The van der Waals surface area contributed by atoms with Crippen LogP contribution in [0.25, 0.3) is 0 Å². The van der Waals surface area contributed by atoms with Gasteiger partial charge in [0.25, 0.3) is 0 Å². The minimum atomic E-state index is 0.0894. The van der Waals surface area contributed by atoms with Gasteiger partial charge in [0.2, 0.25) is 0 Å². The molecule has 0 aromatic rings. The molecule has 0 aromatic heterocycles. The van der Waals surface area contributed by atoms with Gasteiger partial charge in [-0.15, -0.1) is 0 Å². The Balaban J connectivity index is 0. The van der Waals surface area contributed by atoms with Gasteiger partial charge in [-0.1, -0.05) is 26.7 Å². The van der Waals surface area contributed by atoms with E-state index >= 15 is 0 Å². The zero-order valence-corrected chi connectivity index (χ0v) is 16.1. The van der Waals surface area contributed by atoms with Crippen LogP contribution in [0.3, 0.4) is 0 Å². The lowest BCUT2D eigenvalue weighted by Gasteiger charge is -2.06. The van der Waals surface area contributed by atoms with Gasteiger partial charge < -0.3 is 28.8 Å². The van der Waals surface area contributed by atoms with Crippen molar-refractivity contribution in [2.75, 3.05) is 72.7 Å². The third-order valence-corrected chi connectivity index (χ3v) is 2.84. The van der Waals surface area contributed by atoms with Crippen LogP contribution < -0.4 is 0 Å². The van der Waals surface area contributed by atoms with Gasteiger partial charge in [0.05, 0.1) is 52.9 Å². The zero-order valence-electron chi connectivity index (χ0n) is 16.1. The number of rotatable bonds is 18. The summed E-state index contributed by atoms with van der Waals surface area (Å²) in [5.74, 6) is 0. The van der Waals surface area contributed by atoms with E-state index in [-0.39, 0.29) is 6.61 Å². The monoisotopic (exact) mass is 352 g/mol. The van der Waals surface area contributed by atoms with Gasteiger partial charge in [-0.05, 0) is 19.8 Å². The van der Waals surface area contributed by atoms with Crippen LogP contribution in [0.15, 0.2) is 0 Å². The van der Waals surface area contributed by atoms with Gasteiger partial charge in [-0.3, -0.25) is 0 Å². The van der Waals surface area contributed by atoms with Crippen molar-refractivity contribution in [3.8, 4) is 0 Å². The average Bonchev–Trinajstić information content (AvgIpc) is 2.60. The van der Waals surface area contributed by atoms with Gasteiger partial charge in [0.1, 0.15) is 0 Å². The van der Waals surface area contributed by atoms with Crippen LogP contribution in [-0.4, -0.2) is 77.8 Å². The smallest absolute Gasteiger partial charge is 0.0701 e. The lowest BCUT2D eigenvalue weighted by molar-refractivity contribution is 0.0136. The van der Waals surface area contributed by atoms with Crippen LogP contribution in [0, 0.1) is 0 Å². The Kier molecular flexibility index (Phi) is 29.9. The van der Waals surface area contributed by atoms with E-state index in [1.807, 2.05) is 6.92 Å². The van der Waals surface area contributed by atoms with E-state index in [0.29, 0.717) is 46.2 Å². The van der Waals surface area contributed by atoms with E-state index in [1.165, 1.54) is 12.8 Å². The highest BCUT2D eigenvalue weighted by Crippen LogP contribution is 1.89. The molecule has 0 saturated carbocycles. The Morgan fingerprint density at radius 3 is 1.25 bits per heavy atom. The predicted octanol–water partition coefficient (Wildman–Crippen LogP) is 2.67. The molecule has 0 fully saturated rings. The molecule has 0 heterocycles. The molecule has 0 saturated heterocycles. The highest BCUT2D eigenvalue weighted by atomic mass is 16.5. The van der Waals surface area contributed by atoms with Crippen molar-refractivity contribution in [2.24, 2.45) is 0 Å². The highest BCUT2D eigenvalue weighted by Gasteiger charge is 1.91.